The highest BCUT2D eigenvalue weighted by atomic mass is 19.1. The van der Waals surface area contributed by atoms with Crippen LogP contribution in [0.2, 0.25) is 0 Å². The summed E-state index contributed by atoms with van der Waals surface area (Å²) < 4.78 is 20.0. The van der Waals surface area contributed by atoms with Crippen LogP contribution in [-0.4, -0.2) is 17.1 Å². The van der Waals surface area contributed by atoms with Crippen molar-refractivity contribution in [2.45, 2.75) is 26.8 Å². The summed E-state index contributed by atoms with van der Waals surface area (Å²) in [6, 6.07) is 3.93. The van der Waals surface area contributed by atoms with Gasteiger partial charge in [-0.2, -0.15) is 0 Å². The Morgan fingerprint density at radius 2 is 2.10 bits per heavy atom. The Bertz CT molecular complexity index is 706. The minimum atomic E-state index is -0.645. The molecule has 5 heteroatoms. The van der Waals surface area contributed by atoms with E-state index in [9.17, 15) is 14.0 Å². The van der Waals surface area contributed by atoms with E-state index < -0.39 is 17.2 Å². The molecule has 1 heterocycles. The van der Waals surface area contributed by atoms with Crippen LogP contribution in [0.5, 0.6) is 0 Å². The highest BCUT2D eigenvalue weighted by Gasteiger charge is 2.16. The average Bonchev–Trinajstić information content (AvgIpc) is 2.42. The van der Waals surface area contributed by atoms with E-state index in [4.69, 9.17) is 4.74 Å². The van der Waals surface area contributed by atoms with E-state index in [0.717, 1.165) is 6.42 Å². The monoisotopic (exact) mass is 277 g/mol. The molecule has 2 rings (SSSR count). The van der Waals surface area contributed by atoms with Crippen LogP contribution in [-0.2, 0) is 11.3 Å². The number of aryl methyl sites for hydroxylation is 1. The third-order valence-corrected chi connectivity index (χ3v) is 3.00. The number of benzene rings is 1. The summed E-state index contributed by atoms with van der Waals surface area (Å²) in [5.74, 6) is -1.06. The SMILES string of the molecule is CCCn1cc(C(=O)OCC)c(=O)c2ccc(F)cc21. The molecule has 0 radical (unpaired) electrons. The molecule has 0 spiro atoms. The predicted molar refractivity (Wildman–Crippen MR) is 74.4 cm³/mol. The maximum atomic E-state index is 13.4. The number of esters is 1. The largest absolute Gasteiger partial charge is 0.462 e. The quantitative estimate of drug-likeness (QED) is 0.807. The first kappa shape index (κ1) is 14.2. The van der Waals surface area contributed by atoms with E-state index in [1.165, 1.54) is 24.4 Å². The van der Waals surface area contributed by atoms with Gasteiger partial charge in [0.05, 0.1) is 12.1 Å². The Labute approximate surface area is 115 Å². The van der Waals surface area contributed by atoms with Gasteiger partial charge in [0.2, 0.25) is 5.43 Å². The van der Waals surface area contributed by atoms with Gasteiger partial charge in [-0.25, -0.2) is 9.18 Å². The van der Waals surface area contributed by atoms with Crippen LogP contribution in [0.4, 0.5) is 4.39 Å². The lowest BCUT2D eigenvalue weighted by atomic mass is 10.1. The average molecular weight is 277 g/mol. The fourth-order valence-electron chi connectivity index (χ4n) is 2.14. The van der Waals surface area contributed by atoms with Crippen molar-refractivity contribution in [1.82, 2.24) is 4.57 Å². The van der Waals surface area contributed by atoms with Gasteiger partial charge in [0.15, 0.2) is 0 Å². The number of fused-ring (bicyclic) bond motifs is 1. The standard InChI is InChI=1S/C15H16FNO3/c1-3-7-17-9-12(15(19)20-4-2)14(18)11-6-5-10(16)8-13(11)17/h5-6,8-9H,3-4,7H2,1-2H3. The summed E-state index contributed by atoms with van der Waals surface area (Å²) in [4.78, 5) is 24.1. The Morgan fingerprint density at radius 3 is 2.75 bits per heavy atom. The molecule has 1 aromatic heterocycles. The van der Waals surface area contributed by atoms with E-state index in [2.05, 4.69) is 0 Å². The van der Waals surface area contributed by atoms with E-state index in [1.54, 1.807) is 11.5 Å². The zero-order valence-corrected chi connectivity index (χ0v) is 11.5. The number of pyridine rings is 1. The van der Waals surface area contributed by atoms with E-state index in [-0.39, 0.29) is 12.2 Å². The Hall–Kier alpha value is -2.17. The zero-order chi connectivity index (χ0) is 14.7. The predicted octanol–water partition coefficient (Wildman–Crippen LogP) is 2.73. The van der Waals surface area contributed by atoms with Gasteiger partial charge >= 0.3 is 5.97 Å². The summed E-state index contributed by atoms with van der Waals surface area (Å²) in [5.41, 5.74) is 0.0510. The molecule has 0 aliphatic heterocycles. The molecular formula is C15H16FNO3. The van der Waals surface area contributed by atoms with Gasteiger partial charge in [-0.15, -0.1) is 0 Å². The third-order valence-electron chi connectivity index (χ3n) is 3.00. The van der Waals surface area contributed by atoms with Gasteiger partial charge in [-0.3, -0.25) is 4.79 Å². The number of nitrogens with zero attached hydrogens (tertiary/aromatic N) is 1. The van der Waals surface area contributed by atoms with Gasteiger partial charge in [0, 0.05) is 18.1 Å². The van der Waals surface area contributed by atoms with Crippen LogP contribution in [0.15, 0.2) is 29.2 Å². The Morgan fingerprint density at radius 1 is 1.35 bits per heavy atom. The minimum Gasteiger partial charge on any atom is -0.462 e. The molecule has 20 heavy (non-hydrogen) atoms. The van der Waals surface area contributed by atoms with Crippen molar-refractivity contribution < 1.29 is 13.9 Å². The normalized spacial score (nSPS) is 10.8. The summed E-state index contributed by atoms with van der Waals surface area (Å²) in [6.45, 7) is 4.44. The van der Waals surface area contributed by atoms with Crippen LogP contribution in [0.25, 0.3) is 10.9 Å². The van der Waals surface area contributed by atoms with Crippen LogP contribution in [0.3, 0.4) is 0 Å². The molecule has 0 unspecified atom stereocenters. The topological polar surface area (TPSA) is 48.3 Å². The molecule has 0 saturated carbocycles. The molecular weight excluding hydrogens is 261 g/mol. The molecule has 0 fully saturated rings. The van der Waals surface area contributed by atoms with Crippen LogP contribution in [0.1, 0.15) is 30.6 Å². The van der Waals surface area contributed by atoms with E-state index >= 15 is 0 Å². The number of carbonyl (C=O) groups is 1. The summed E-state index contributed by atoms with van der Waals surface area (Å²) in [7, 11) is 0. The lowest BCUT2D eigenvalue weighted by Crippen LogP contribution is -2.21. The van der Waals surface area contributed by atoms with Crippen molar-refractivity contribution in [3.8, 4) is 0 Å². The minimum absolute atomic E-state index is 0.0144. The van der Waals surface area contributed by atoms with Crippen molar-refractivity contribution in [2.75, 3.05) is 6.61 Å². The van der Waals surface area contributed by atoms with Crippen molar-refractivity contribution in [2.24, 2.45) is 0 Å². The molecule has 106 valence electrons. The van der Waals surface area contributed by atoms with Crippen molar-refractivity contribution in [3.63, 3.8) is 0 Å². The molecule has 1 aromatic carbocycles. The molecule has 0 aliphatic carbocycles. The summed E-state index contributed by atoms with van der Waals surface area (Å²) >= 11 is 0. The first-order chi connectivity index (χ1) is 9.58. The third kappa shape index (κ3) is 2.57. The van der Waals surface area contributed by atoms with Crippen LogP contribution >= 0.6 is 0 Å². The number of carbonyl (C=O) groups excluding carboxylic acids is 1. The van der Waals surface area contributed by atoms with Gasteiger partial charge in [-0.1, -0.05) is 6.92 Å². The lowest BCUT2D eigenvalue weighted by Gasteiger charge is -2.12. The highest BCUT2D eigenvalue weighted by Crippen LogP contribution is 2.15. The van der Waals surface area contributed by atoms with Gasteiger partial charge in [0.25, 0.3) is 0 Å². The first-order valence-corrected chi connectivity index (χ1v) is 6.58. The maximum absolute atomic E-state index is 13.4. The summed E-state index contributed by atoms with van der Waals surface area (Å²) in [5, 5.41) is 0.324. The molecule has 2 aromatic rings. The molecule has 4 nitrogen and oxygen atoms in total. The molecule has 0 saturated heterocycles. The molecule has 0 amide bonds. The second kappa shape index (κ2) is 5.86. The smallest absolute Gasteiger partial charge is 0.343 e. The van der Waals surface area contributed by atoms with Gasteiger partial charge in [0.1, 0.15) is 11.4 Å². The highest BCUT2D eigenvalue weighted by molar-refractivity contribution is 5.93. The van der Waals surface area contributed by atoms with E-state index in [0.29, 0.717) is 17.4 Å². The molecule has 0 bridgehead atoms. The number of hydrogen-bond acceptors (Lipinski definition) is 3. The lowest BCUT2D eigenvalue weighted by molar-refractivity contribution is 0.0524. The second-order valence-corrected chi connectivity index (χ2v) is 4.45. The number of aromatic nitrogens is 1. The fourth-order valence-corrected chi connectivity index (χ4v) is 2.14. The van der Waals surface area contributed by atoms with Crippen molar-refractivity contribution >= 4 is 16.9 Å². The maximum Gasteiger partial charge on any atom is 0.343 e. The summed E-state index contributed by atoms with van der Waals surface area (Å²) in [6.07, 6.45) is 2.25. The second-order valence-electron chi connectivity index (χ2n) is 4.45. The van der Waals surface area contributed by atoms with E-state index in [1.807, 2.05) is 6.92 Å². The number of rotatable bonds is 4. The molecule has 0 aliphatic rings. The Balaban J connectivity index is 2.73. The number of hydrogen-bond donors (Lipinski definition) is 0. The van der Waals surface area contributed by atoms with Crippen LogP contribution in [0, 0.1) is 5.82 Å². The first-order valence-electron chi connectivity index (χ1n) is 6.58. The fraction of sp³-hybridized carbons (Fsp3) is 0.333. The van der Waals surface area contributed by atoms with Crippen molar-refractivity contribution in [1.29, 1.82) is 0 Å². The van der Waals surface area contributed by atoms with Crippen LogP contribution < -0.4 is 5.43 Å². The van der Waals surface area contributed by atoms with Gasteiger partial charge < -0.3 is 9.30 Å². The number of ether oxygens (including phenoxy) is 1. The molecule has 0 N–H and O–H groups in total. The molecule has 0 atom stereocenters. The zero-order valence-electron chi connectivity index (χ0n) is 11.5. The number of halogens is 1. The Kier molecular flexibility index (Phi) is 4.17. The van der Waals surface area contributed by atoms with Crippen molar-refractivity contribution in [3.05, 3.63) is 46.0 Å². The van der Waals surface area contributed by atoms with Gasteiger partial charge in [-0.05, 0) is 31.5 Å².